The van der Waals surface area contributed by atoms with Gasteiger partial charge in [-0.3, -0.25) is 4.79 Å². The number of hydrogen-bond donors (Lipinski definition) is 3. The van der Waals surface area contributed by atoms with Crippen LogP contribution in [0.1, 0.15) is 19.4 Å². The van der Waals surface area contributed by atoms with E-state index in [9.17, 15) is 4.79 Å². The number of hydrogen-bond acceptors (Lipinski definition) is 4. The molecule has 0 aliphatic carbocycles. The highest BCUT2D eigenvalue weighted by atomic mass is 16.5. The van der Waals surface area contributed by atoms with Gasteiger partial charge < -0.3 is 20.5 Å². The number of aliphatic hydroxyl groups excluding tert-OH is 1. The zero-order valence-corrected chi connectivity index (χ0v) is 11.3. The van der Waals surface area contributed by atoms with Gasteiger partial charge in [0.05, 0.1) is 12.3 Å². The third-order valence-corrected chi connectivity index (χ3v) is 3.25. The maximum Gasteiger partial charge on any atom is 0.262 e. The van der Waals surface area contributed by atoms with Gasteiger partial charge in [-0.25, -0.2) is 0 Å². The molecule has 0 spiro atoms. The minimum absolute atomic E-state index is 0.0772. The van der Waals surface area contributed by atoms with E-state index in [2.05, 4.69) is 24.5 Å². The molecule has 0 fully saturated rings. The first-order valence-corrected chi connectivity index (χ1v) is 6.42. The molecule has 3 N–H and O–H groups in total. The maximum atomic E-state index is 11.3. The Labute approximate surface area is 113 Å². The van der Waals surface area contributed by atoms with Crippen molar-refractivity contribution >= 4 is 11.6 Å². The smallest absolute Gasteiger partial charge is 0.262 e. The van der Waals surface area contributed by atoms with Crippen LogP contribution in [0.3, 0.4) is 0 Å². The molecule has 1 aliphatic rings. The number of rotatable bonds is 5. The lowest BCUT2D eigenvalue weighted by molar-refractivity contribution is -0.118. The van der Waals surface area contributed by atoms with Crippen LogP contribution in [0.5, 0.6) is 5.75 Å². The van der Waals surface area contributed by atoms with Gasteiger partial charge in [0.2, 0.25) is 0 Å². The first-order chi connectivity index (χ1) is 9.03. The molecule has 5 nitrogen and oxygen atoms in total. The number of nitrogens with one attached hydrogen (secondary N) is 2. The molecule has 104 valence electrons. The molecule has 1 amide bonds. The van der Waals surface area contributed by atoms with Gasteiger partial charge in [0.15, 0.2) is 6.61 Å². The first kappa shape index (κ1) is 13.8. The minimum atomic E-state index is -0.124. The SMILES string of the molecule is CC(C)(CNCCO)c1ccc2c(c1)NC(=O)CO2. The maximum absolute atomic E-state index is 11.3. The summed E-state index contributed by atoms with van der Waals surface area (Å²) in [6.07, 6.45) is 0. The van der Waals surface area contributed by atoms with Gasteiger partial charge in [-0.1, -0.05) is 19.9 Å². The van der Waals surface area contributed by atoms with Crippen molar-refractivity contribution in [1.29, 1.82) is 0 Å². The Hall–Kier alpha value is -1.59. The quantitative estimate of drug-likeness (QED) is 0.690. The molecular weight excluding hydrogens is 244 g/mol. The minimum Gasteiger partial charge on any atom is -0.482 e. The van der Waals surface area contributed by atoms with E-state index >= 15 is 0 Å². The van der Waals surface area contributed by atoms with Crippen molar-refractivity contribution in [3.63, 3.8) is 0 Å². The van der Waals surface area contributed by atoms with Crippen LogP contribution in [0, 0.1) is 0 Å². The van der Waals surface area contributed by atoms with E-state index in [0.717, 1.165) is 17.8 Å². The Balaban J connectivity index is 2.16. The molecule has 5 heteroatoms. The lowest BCUT2D eigenvalue weighted by atomic mass is 9.84. The summed E-state index contributed by atoms with van der Waals surface area (Å²) in [4.78, 5) is 11.3. The third-order valence-electron chi connectivity index (χ3n) is 3.25. The van der Waals surface area contributed by atoms with Crippen molar-refractivity contribution in [3.8, 4) is 5.75 Å². The van der Waals surface area contributed by atoms with Crippen molar-refractivity contribution in [3.05, 3.63) is 23.8 Å². The van der Waals surface area contributed by atoms with Crippen LogP contribution in [-0.4, -0.2) is 37.3 Å². The summed E-state index contributed by atoms with van der Waals surface area (Å²) >= 11 is 0. The van der Waals surface area contributed by atoms with Crippen molar-refractivity contribution in [2.45, 2.75) is 19.3 Å². The number of anilines is 1. The molecule has 19 heavy (non-hydrogen) atoms. The van der Waals surface area contributed by atoms with Gasteiger partial charge >= 0.3 is 0 Å². The molecule has 0 bridgehead atoms. The lowest BCUT2D eigenvalue weighted by Gasteiger charge is -2.28. The van der Waals surface area contributed by atoms with Crippen LogP contribution in [0.15, 0.2) is 18.2 Å². The summed E-state index contributed by atoms with van der Waals surface area (Å²) < 4.78 is 5.34. The molecule has 1 aromatic rings. The van der Waals surface area contributed by atoms with E-state index in [4.69, 9.17) is 9.84 Å². The highest BCUT2D eigenvalue weighted by Gasteiger charge is 2.23. The van der Waals surface area contributed by atoms with E-state index in [1.165, 1.54) is 0 Å². The van der Waals surface area contributed by atoms with Crippen LogP contribution in [0.4, 0.5) is 5.69 Å². The largest absolute Gasteiger partial charge is 0.482 e. The zero-order valence-electron chi connectivity index (χ0n) is 11.3. The van der Waals surface area contributed by atoms with E-state index in [1.807, 2.05) is 18.2 Å². The summed E-state index contributed by atoms with van der Waals surface area (Å²) in [6.45, 7) is 5.77. The van der Waals surface area contributed by atoms with Gasteiger partial charge in [0, 0.05) is 18.5 Å². The molecule has 0 radical (unpaired) electrons. The number of fused-ring (bicyclic) bond motifs is 1. The van der Waals surface area contributed by atoms with Gasteiger partial charge in [-0.2, -0.15) is 0 Å². The summed E-state index contributed by atoms with van der Waals surface area (Å²) in [5.74, 6) is 0.586. The van der Waals surface area contributed by atoms with Crippen LogP contribution >= 0.6 is 0 Å². The average molecular weight is 264 g/mol. The second-order valence-electron chi connectivity index (χ2n) is 5.33. The fourth-order valence-corrected chi connectivity index (χ4v) is 2.09. The van der Waals surface area contributed by atoms with Crippen LogP contribution in [0.2, 0.25) is 0 Å². The molecule has 1 aromatic carbocycles. The second kappa shape index (κ2) is 5.59. The molecule has 0 saturated carbocycles. The molecule has 0 unspecified atom stereocenters. The molecule has 0 atom stereocenters. The fraction of sp³-hybridized carbons (Fsp3) is 0.500. The Morgan fingerprint density at radius 3 is 3.00 bits per heavy atom. The molecule has 2 rings (SSSR count). The number of carbonyl (C=O) groups is 1. The lowest BCUT2D eigenvalue weighted by Crippen LogP contribution is -2.34. The van der Waals surface area contributed by atoms with Crippen molar-refractivity contribution in [1.82, 2.24) is 5.32 Å². The summed E-state index contributed by atoms with van der Waals surface area (Å²) in [6, 6.07) is 5.85. The summed E-state index contributed by atoms with van der Waals surface area (Å²) in [5, 5.41) is 14.8. The highest BCUT2D eigenvalue weighted by Crippen LogP contribution is 2.33. The molecule has 0 saturated heterocycles. The van der Waals surface area contributed by atoms with E-state index in [1.54, 1.807) is 0 Å². The van der Waals surface area contributed by atoms with Gasteiger partial charge in [-0.15, -0.1) is 0 Å². The predicted octanol–water partition coefficient (Wildman–Crippen LogP) is 0.877. The molecule has 1 aliphatic heterocycles. The molecule has 1 heterocycles. The first-order valence-electron chi connectivity index (χ1n) is 6.42. The Kier molecular flexibility index (Phi) is 4.07. The standard InChI is InChI=1S/C14H20N2O3/c1-14(2,9-15-5-6-17)10-3-4-12-11(7-10)16-13(18)8-19-12/h3-4,7,15,17H,5-6,8-9H2,1-2H3,(H,16,18). The second-order valence-corrected chi connectivity index (χ2v) is 5.33. The number of aliphatic hydroxyl groups is 1. The van der Waals surface area contributed by atoms with Crippen molar-refractivity contribution in [2.24, 2.45) is 0 Å². The third kappa shape index (κ3) is 3.24. The van der Waals surface area contributed by atoms with Crippen molar-refractivity contribution in [2.75, 3.05) is 31.6 Å². The number of amides is 1. The number of benzene rings is 1. The van der Waals surface area contributed by atoms with Crippen LogP contribution in [-0.2, 0) is 10.2 Å². The van der Waals surface area contributed by atoms with E-state index < -0.39 is 0 Å². The van der Waals surface area contributed by atoms with E-state index in [0.29, 0.717) is 12.3 Å². The zero-order chi connectivity index (χ0) is 13.9. The molecule has 0 aromatic heterocycles. The topological polar surface area (TPSA) is 70.6 Å². The Morgan fingerprint density at radius 1 is 1.47 bits per heavy atom. The van der Waals surface area contributed by atoms with Gasteiger partial charge in [0.25, 0.3) is 5.91 Å². The van der Waals surface area contributed by atoms with Crippen LogP contribution < -0.4 is 15.4 Å². The van der Waals surface area contributed by atoms with Crippen LogP contribution in [0.25, 0.3) is 0 Å². The number of ether oxygens (including phenoxy) is 1. The predicted molar refractivity (Wildman–Crippen MR) is 73.5 cm³/mol. The van der Waals surface area contributed by atoms with Crippen molar-refractivity contribution < 1.29 is 14.6 Å². The summed E-state index contributed by atoms with van der Waals surface area (Å²) in [7, 11) is 0. The van der Waals surface area contributed by atoms with Gasteiger partial charge in [0.1, 0.15) is 5.75 Å². The fourth-order valence-electron chi connectivity index (χ4n) is 2.09. The Bertz CT molecular complexity index is 472. The number of carbonyl (C=O) groups excluding carboxylic acids is 1. The monoisotopic (exact) mass is 264 g/mol. The highest BCUT2D eigenvalue weighted by molar-refractivity contribution is 5.95. The molecular formula is C14H20N2O3. The van der Waals surface area contributed by atoms with E-state index in [-0.39, 0.29) is 24.5 Å². The summed E-state index contributed by atoms with van der Waals surface area (Å²) in [5.41, 5.74) is 1.75. The Morgan fingerprint density at radius 2 is 2.26 bits per heavy atom. The average Bonchev–Trinajstić information content (AvgIpc) is 2.38. The van der Waals surface area contributed by atoms with Gasteiger partial charge in [-0.05, 0) is 17.7 Å². The normalized spacial score (nSPS) is 14.6.